The van der Waals surface area contributed by atoms with Crippen LogP contribution in [0.1, 0.15) is 32.1 Å². The average Bonchev–Trinajstić information content (AvgIpc) is 2.26. The van der Waals surface area contributed by atoms with Gasteiger partial charge in [-0.15, -0.1) is 0 Å². The zero-order valence-electron chi connectivity index (χ0n) is 8.70. The summed E-state index contributed by atoms with van der Waals surface area (Å²) in [7, 11) is 1.32. The molecule has 3 nitrogen and oxygen atoms in total. The van der Waals surface area contributed by atoms with Gasteiger partial charge in [-0.1, -0.05) is 31.9 Å². The molecule has 0 saturated heterocycles. The number of rotatable bonds is 3. The van der Waals surface area contributed by atoms with Crippen LogP contribution in [0.15, 0.2) is 12.7 Å². The third kappa shape index (κ3) is 3.05. The molecule has 0 heterocycles. The molecule has 0 bridgehead atoms. The maximum Gasteiger partial charge on any atom is 0.508 e. The Morgan fingerprint density at radius 2 is 2.07 bits per heavy atom. The van der Waals surface area contributed by atoms with Crippen molar-refractivity contribution < 1.29 is 14.3 Å². The second-order valence-electron chi connectivity index (χ2n) is 3.67. The highest BCUT2D eigenvalue weighted by molar-refractivity contribution is 5.60. The van der Waals surface area contributed by atoms with Crippen LogP contribution in [-0.2, 0) is 9.47 Å². The first-order valence-corrected chi connectivity index (χ1v) is 5.15. The summed E-state index contributed by atoms with van der Waals surface area (Å²) in [5, 5.41) is 0. The largest absolute Gasteiger partial charge is 0.508 e. The van der Waals surface area contributed by atoms with Crippen LogP contribution in [0, 0.1) is 5.92 Å². The van der Waals surface area contributed by atoms with E-state index in [-0.39, 0.29) is 6.10 Å². The van der Waals surface area contributed by atoms with E-state index in [1.807, 2.05) is 0 Å². The fourth-order valence-electron chi connectivity index (χ4n) is 1.96. The van der Waals surface area contributed by atoms with Crippen molar-refractivity contribution in [2.75, 3.05) is 7.11 Å². The molecule has 0 aliphatic heterocycles. The van der Waals surface area contributed by atoms with E-state index in [9.17, 15) is 4.79 Å². The lowest BCUT2D eigenvalue weighted by atomic mass is 9.85. The maximum atomic E-state index is 10.9. The molecular formula is C11H18O3. The number of carbonyl (C=O) groups is 1. The molecule has 0 amide bonds. The minimum absolute atomic E-state index is 0.178. The van der Waals surface area contributed by atoms with Crippen LogP contribution in [0.5, 0.6) is 0 Å². The van der Waals surface area contributed by atoms with E-state index in [0.29, 0.717) is 5.92 Å². The van der Waals surface area contributed by atoms with Crippen molar-refractivity contribution in [3.8, 4) is 0 Å². The van der Waals surface area contributed by atoms with Gasteiger partial charge in [0.2, 0.25) is 0 Å². The zero-order valence-corrected chi connectivity index (χ0v) is 8.70. The number of methoxy groups -OCH3 is 1. The van der Waals surface area contributed by atoms with Gasteiger partial charge >= 0.3 is 6.16 Å². The van der Waals surface area contributed by atoms with Crippen molar-refractivity contribution >= 4 is 6.16 Å². The molecule has 1 fully saturated rings. The fraction of sp³-hybridized carbons (Fsp3) is 0.727. The molecule has 0 N–H and O–H groups in total. The Morgan fingerprint density at radius 1 is 1.43 bits per heavy atom. The smallest absolute Gasteiger partial charge is 0.438 e. The molecule has 14 heavy (non-hydrogen) atoms. The van der Waals surface area contributed by atoms with E-state index in [0.717, 1.165) is 12.8 Å². The second-order valence-corrected chi connectivity index (χ2v) is 3.67. The number of hydrogen-bond donors (Lipinski definition) is 0. The van der Waals surface area contributed by atoms with E-state index < -0.39 is 6.16 Å². The minimum Gasteiger partial charge on any atom is -0.438 e. The lowest BCUT2D eigenvalue weighted by molar-refractivity contribution is 0.0254. The lowest BCUT2D eigenvalue weighted by Gasteiger charge is -2.27. The predicted octanol–water partition coefficient (Wildman–Crippen LogP) is 2.90. The Kier molecular flexibility index (Phi) is 4.50. The number of hydrogen-bond acceptors (Lipinski definition) is 3. The molecule has 0 radical (unpaired) electrons. The SMILES string of the molecule is C=C[C@@H](OC(=O)OC)C1CCCCC1. The molecule has 0 spiro atoms. The van der Waals surface area contributed by atoms with Crippen molar-refractivity contribution in [1.82, 2.24) is 0 Å². The van der Waals surface area contributed by atoms with Gasteiger partial charge in [-0.05, 0) is 18.8 Å². The van der Waals surface area contributed by atoms with Crippen LogP contribution in [0.25, 0.3) is 0 Å². The molecule has 1 aliphatic carbocycles. The molecule has 1 aliphatic rings. The topological polar surface area (TPSA) is 35.5 Å². The standard InChI is InChI=1S/C11H18O3/c1-3-10(14-11(12)13-2)9-7-5-4-6-8-9/h3,9-10H,1,4-8H2,2H3/t10-/m1/s1. The molecule has 1 rings (SSSR count). The van der Waals surface area contributed by atoms with Crippen LogP contribution in [0.4, 0.5) is 4.79 Å². The van der Waals surface area contributed by atoms with Gasteiger partial charge in [0.25, 0.3) is 0 Å². The molecule has 1 atom stereocenters. The van der Waals surface area contributed by atoms with Gasteiger partial charge in [0.15, 0.2) is 0 Å². The highest BCUT2D eigenvalue weighted by atomic mass is 16.7. The Bertz CT molecular complexity index is 195. The van der Waals surface area contributed by atoms with Crippen LogP contribution in [0.2, 0.25) is 0 Å². The summed E-state index contributed by atoms with van der Waals surface area (Å²) in [6.45, 7) is 3.69. The van der Waals surface area contributed by atoms with Crippen molar-refractivity contribution in [3.05, 3.63) is 12.7 Å². The molecule has 1 saturated carbocycles. The quantitative estimate of drug-likeness (QED) is 0.516. The van der Waals surface area contributed by atoms with Crippen molar-refractivity contribution in [2.45, 2.75) is 38.2 Å². The van der Waals surface area contributed by atoms with Gasteiger partial charge in [-0.25, -0.2) is 4.79 Å². The molecule has 0 aromatic heterocycles. The second kappa shape index (κ2) is 5.68. The van der Waals surface area contributed by atoms with E-state index in [4.69, 9.17) is 4.74 Å². The Hall–Kier alpha value is -0.990. The van der Waals surface area contributed by atoms with E-state index in [2.05, 4.69) is 11.3 Å². The summed E-state index contributed by atoms with van der Waals surface area (Å²) in [5.41, 5.74) is 0. The zero-order chi connectivity index (χ0) is 10.4. The van der Waals surface area contributed by atoms with Gasteiger partial charge in [0.1, 0.15) is 6.10 Å². The van der Waals surface area contributed by atoms with Gasteiger partial charge in [0, 0.05) is 0 Å². The van der Waals surface area contributed by atoms with Gasteiger partial charge in [-0.3, -0.25) is 0 Å². The van der Waals surface area contributed by atoms with Gasteiger partial charge in [-0.2, -0.15) is 0 Å². The van der Waals surface area contributed by atoms with Crippen LogP contribution >= 0.6 is 0 Å². The first-order valence-electron chi connectivity index (χ1n) is 5.15. The number of carbonyl (C=O) groups excluding carboxylic acids is 1. The summed E-state index contributed by atoms with van der Waals surface area (Å²) < 4.78 is 9.57. The first kappa shape index (κ1) is 11.1. The van der Waals surface area contributed by atoms with Crippen LogP contribution in [0.3, 0.4) is 0 Å². The van der Waals surface area contributed by atoms with Crippen LogP contribution in [-0.4, -0.2) is 19.4 Å². The minimum atomic E-state index is -0.611. The molecule has 0 aromatic carbocycles. The Labute approximate surface area is 85.1 Å². The van der Waals surface area contributed by atoms with Crippen molar-refractivity contribution in [1.29, 1.82) is 0 Å². The fourth-order valence-corrected chi connectivity index (χ4v) is 1.96. The molecular weight excluding hydrogens is 180 g/mol. The van der Waals surface area contributed by atoms with Crippen molar-refractivity contribution in [2.24, 2.45) is 5.92 Å². The predicted molar refractivity (Wildman–Crippen MR) is 54.1 cm³/mol. The highest BCUT2D eigenvalue weighted by Crippen LogP contribution is 2.28. The molecule has 0 unspecified atom stereocenters. The summed E-state index contributed by atoms with van der Waals surface area (Å²) in [4.78, 5) is 10.9. The average molecular weight is 198 g/mol. The maximum absolute atomic E-state index is 10.9. The van der Waals surface area contributed by atoms with Crippen molar-refractivity contribution in [3.63, 3.8) is 0 Å². The third-order valence-corrected chi connectivity index (χ3v) is 2.75. The first-order chi connectivity index (χ1) is 6.77. The Morgan fingerprint density at radius 3 is 2.57 bits per heavy atom. The lowest BCUT2D eigenvalue weighted by Crippen LogP contribution is -2.26. The summed E-state index contributed by atoms with van der Waals surface area (Å²) in [5.74, 6) is 0.431. The summed E-state index contributed by atoms with van der Waals surface area (Å²) in [6, 6.07) is 0. The molecule has 0 aromatic rings. The molecule has 80 valence electrons. The summed E-state index contributed by atoms with van der Waals surface area (Å²) in [6.07, 6.45) is 6.88. The summed E-state index contributed by atoms with van der Waals surface area (Å²) >= 11 is 0. The normalized spacial score (nSPS) is 19.8. The number of ether oxygens (including phenoxy) is 2. The highest BCUT2D eigenvalue weighted by Gasteiger charge is 2.24. The van der Waals surface area contributed by atoms with E-state index in [1.165, 1.54) is 26.4 Å². The van der Waals surface area contributed by atoms with Crippen LogP contribution < -0.4 is 0 Å². The van der Waals surface area contributed by atoms with E-state index in [1.54, 1.807) is 6.08 Å². The van der Waals surface area contributed by atoms with E-state index >= 15 is 0 Å². The monoisotopic (exact) mass is 198 g/mol. The molecule has 3 heteroatoms. The van der Waals surface area contributed by atoms with Gasteiger partial charge < -0.3 is 9.47 Å². The van der Waals surface area contributed by atoms with Gasteiger partial charge in [0.05, 0.1) is 7.11 Å². The Balaban J connectivity index is 2.43. The third-order valence-electron chi connectivity index (χ3n) is 2.75.